The first kappa shape index (κ1) is 16.0. The highest BCUT2D eigenvalue weighted by atomic mass is 35.5. The molecule has 0 aromatic heterocycles. The summed E-state index contributed by atoms with van der Waals surface area (Å²) in [6, 6.07) is 3.46. The van der Waals surface area contributed by atoms with Gasteiger partial charge in [0.15, 0.2) is 0 Å². The van der Waals surface area contributed by atoms with Gasteiger partial charge >= 0.3 is 12.0 Å². The fourth-order valence-corrected chi connectivity index (χ4v) is 2.48. The third kappa shape index (κ3) is 3.64. The van der Waals surface area contributed by atoms with Gasteiger partial charge in [-0.1, -0.05) is 11.6 Å². The fourth-order valence-electron chi connectivity index (χ4n) is 2.30. The Kier molecular flexibility index (Phi) is 4.81. The SMILES string of the molecule is O=C(O)C1CCCN(C(=O)Nc2ccc(Cl)c([N+](=O)[O-])c2)C1. The molecule has 0 spiro atoms. The van der Waals surface area contributed by atoms with Gasteiger partial charge in [-0.25, -0.2) is 4.79 Å². The molecule has 0 saturated carbocycles. The number of urea groups is 1. The lowest BCUT2D eigenvalue weighted by molar-refractivity contribution is -0.384. The second kappa shape index (κ2) is 6.61. The highest BCUT2D eigenvalue weighted by Gasteiger charge is 2.28. The van der Waals surface area contributed by atoms with Gasteiger partial charge in [0.1, 0.15) is 5.02 Å². The molecule has 22 heavy (non-hydrogen) atoms. The van der Waals surface area contributed by atoms with Gasteiger partial charge in [-0.15, -0.1) is 0 Å². The van der Waals surface area contributed by atoms with Crippen LogP contribution >= 0.6 is 11.6 Å². The molecule has 0 aliphatic carbocycles. The number of carboxylic acid groups (broad SMARTS) is 1. The Hall–Kier alpha value is -2.35. The van der Waals surface area contributed by atoms with Crippen LogP contribution < -0.4 is 5.32 Å². The van der Waals surface area contributed by atoms with Crippen molar-refractivity contribution in [3.8, 4) is 0 Å². The maximum Gasteiger partial charge on any atom is 0.321 e. The Morgan fingerprint density at radius 3 is 2.82 bits per heavy atom. The minimum absolute atomic E-state index is 0.0214. The number of carboxylic acids is 1. The van der Waals surface area contributed by atoms with E-state index in [1.54, 1.807) is 0 Å². The summed E-state index contributed by atoms with van der Waals surface area (Å²) >= 11 is 5.70. The molecule has 0 radical (unpaired) electrons. The lowest BCUT2D eigenvalue weighted by atomic mass is 9.99. The number of amides is 2. The van der Waals surface area contributed by atoms with Crippen molar-refractivity contribution >= 4 is 35.0 Å². The van der Waals surface area contributed by atoms with Crippen LogP contribution in [0.15, 0.2) is 18.2 Å². The normalized spacial score (nSPS) is 17.9. The van der Waals surface area contributed by atoms with Crippen molar-refractivity contribution in [2.24, 2.45) is 5.92 Å². The number of benzene rings is 1. The zero-order valence-corrected chi connectivity index (χ0v) is 12.2. The number of carbonyl (C=O) groups is 2. The van der Waals surface area contributed by atoms with Gasteiger partial charge in [-0.3, -0.25) is 14.9 Å². The second-order valence-electron chi connectivity index (χ2n) is 4.98. The number of hydrogen-bond donors (Lipinski definition) is 2. The standard InChI is InChI=1S/C13H14ClN3O5/c14-10-4-3-9(6-11(10)17(21)22)15-13(20)16-5-1-2-8(7-16)12(18)19/h3-4,6,8H,1-2,5,7H2,(H,15,20)(H,18,19). The number of halogens is 1. The summed E-state index contributed by atoms with van der Waals surface area (Å²) in [6.45, 7) is 0.572. The lowest BCUT2D eigenvalue weighted by Crippen LogP contribution is -2.44. The smallest absolute Gasteiger partial charge is 0.321 e. The summed E-state index contributed by atoms with van der Waals surface area (Å²) in [5, 5.41) is 22.3. The van der Waals surface area contributed by atoms with E-state index in [9.17, 15) is 19.7 Å². The van der Waals surface area contributed by atoms with Crippen molar-refractivity contribution in [2.75, 3.05) is 18.4 Å². The van der Waals surface area contributed by atoms with Crippen molar-refractivity contribution in [1.82, 2.24) is 4.90 Å². The van der Waals surface area contributed by atoms with E-state index in [0.717, 1.165) is 0 Å². The van der Waals surface area contributed by atoms with Crippen LogP contribution in [0.4, 0.5) is 16.2 Å². The van der Waals surface area contributed by atoms with Crippen molar-refractivity contribution in [2.45, 2.75) is 12.8 Å². The lowest BCUT2D eigenvalue weighted by Gasteiger charge is -2.30. The van der Waals surface area contributed by atoms with E-state index < -0.39 is 22.8 Å². The molecule has 1 aromatic carbocycles. The average molecular weight is 328 g/mol. The first-order chi connectivity index (χ1) is 10.4. The molecular formula is C13H14ClN3O5. The van der Waals surface area contributed by atoms with Gasteiger partial charge < -0.3 is 15.3 Å². The molecule has 1 aliphatic rings. The highest BCUT2D eigenvalue weighted by Crippen LogP contribution is 2.27. The molecule has 2 amide bonds. The van der Waals surface area contributed by atoms with Gasteiger partial charge in [0.05, 0.1) is 10.8 Å². The molecule has 118 valence electrons. The van der Waals surface area contributed by atoms with Crippen LogP contribution in [-0.4, -0.2) is 40.0 Å². The first-order valence-electron chi connectivity index (χ1n) is 6.61. The van der Waals surface area contributed by atoms with Gasteiger partial charge in [-0.05, 0) is 25.0 Å². The topological polar surface area (TPSA) is 113 Å². The van der Waals surface area contributed by atoms with Gasteiger partial charge in [0.25, 0.3) is 5.69 Å². The number of hydrogen-bond acceptors (Lipinski definition) is 4. The summed E-state index contributed by atoms with van der Waals surface area (Å²) < 4.78 is 0. The number of nitro groups is 1. The van der Waals surface area contributed by atoms with E-state index in [1.807, 2.05) is 0 Å². The molecule has 1 fully saturated rings. The van der Waals surface area contributed by atoms with E-state index in [-0.39, 0.29) is 22.9 Å². The zero-order chi connectivity index (χ0) is 16.3. The predicted molar refractivity (Wildman–Crippen MR) is 79.1 cm³/mol. The highest BCUT2D eigenvalue weighted by molar-refractivity contribution is 6.32. The number of nitrogens with zero attached hydrogens (tertiary/aromatic N) is 2. The molecule has 1 saturated heterocycles. The van der Waals surface area contributed by atoms with Gasteiger partial charge in [0, 0.05) is 24.8 Å². The van der Waals surface area contributed by atoms with Crippen LogP contribution in [0.5, 0.6) is 0 Å². The van der Waals surface area contributed by atoms with Crippen molar-refractivity contribution in [3.05, 3.63) is 33.3 Å². The largest absolute Gasteiger partial charge is 0.481 e. The molecule has 0 bridgehead atoms. The number of carbonyl (C=O) groups excluding carboxylic acids is 1. The summed E-state index contributed by atoms with van der Waals surface area (Å²) in [4.78, 5) is 34.7. The third-order valence-corrected chi connectivity index (χ3v) is 3.77. The molecule has 1 heterocycles. The van der Waals surface area contributed by atoms with Crippen molar-refractivity contribution in [3.63, 3.8) is 0 Å². The third-order valence-electron chi connectivity index (χ3n) is 3.45. The minimum atomic E-state index is -0.931. The molecule has 1 aliphatic heterocycles. The minimum Gasteiger partial charge on any atom is -0.481 e. The van der Waals surface area contributed by atoms with E-state index in [0.29, 0.717) is 19.4 Å². The van der Waals surface area contributed by atoms with Crippen LogP contribution in [0, 0.1) is 16.0 Å². The summed E-state index contributed by atoms with van der Waals surface area (Å²) in [7, 11) is 0. The number of nitrogens with one attached hydrogen (secondary N) is 1. The predicted octanol–water partition coefficient (Wildman–Crippen LogP) is 2.58. The van der Waals surface area contributed by atoms with Crippen molar-refractivity contribution in [1.29, 1.82) is 0 Å². The Morgan fingerprint density at radius 2 is 2.18 bits per heavy atom. The summed E-state index contributed by atoms with van der Waals surface area (Å²) in [5.41, 5.74) is -0.0694. The monoisotopic (exact) mass is 327 g/mol. The Labute approximate surface area is 130 Å². The quantitative estimate of drug-likeness (QED) is 0.654. The number of nitro benzene ring substituents is 1. The van der Waals surface area contributed by atoms with E-state index in [2.05, 4.69) is 5.32 Å². The van der Waals surface area contributed by atoms with Crippen LogP contribution in [0.2, 0.25) is 5.02 Å². The zero-order valence-electron chi connectivity index (χ0n) is 11.5. The first-order valence-corrected chi connectivity index (χ1v) is 6.99. The molecule has 1 unspecified atom stereocenters. The average Bonchev–Trinajstić information content (AvgIpc) is 2.49. The number of anilines is 1. The fraction of sp³-hybridized carbons (Fsp3) is 0.385. The number of likely N-dealkylation sites (tertiary alicyclic amines) is 1. The molecule has 9 heteroatoms. The number of aliphatic carboxylic acids is 1. The summed E-state index contributed by atoms with van der Waals surface area (Å²) in [5.74, 6) is -1.52. The van der Waals surface area contributed by atoms with E-state index in [1.165, 1.54) is 23.1 Å². The second-order valence-corrected chi connectivity index (χ2v) is 5.38. The molecular weight excluding hydrogens is 314 g/mol. The van der Waals surface area contributed by atoms with E-state index in [4.69, 9.17) is 16.7 Å². The Morgan fingerprint density at radius 1 is 1.45 bits per heavy atom. The summed E-state index contributed by atoms with van der Waals surface area (Å²) in [6.07, 6.45) is 1.14. The molecule has 2 rings (SSSR count). The Bertz CT molecular complexity index is 622. The Balaban J connectivity index is 2.07. The van der Waals surface area contributed by atoms with Crippen LogP contribution in [0.25, 0.3) is 0 Å². The molecule has 8 nitrogen and oxygen atoms in total. The van der Waals surface area contributed by atoms with Crippen LogP contribution in [0.1, 0.15) is 12.8 Å². The number of rotatable bonds is 3. The number of piperidine rings is 1. The maximum atomic E-state index is 12.1. The van der Waals surface area contributed by atoms with Crippen LogP contribution in [0.3, 0.4) is 0 Å². The van der Waals surface area contributed by atoms with Crippen molar-refractivity contribution < 1.29 is 19.6 Å². The van der Waals surface area contributed by atoms with Crippen LogP contribution in [-0.2, 0) is 4.79 Å². The van der Waals surface area contributed by atoms with Gasteiger partial charge in [-0.2, -0.15) is 0 Å². The maximum absolute atomic E-state index is 12.1. The molecule has 2 N–H and O–H groups in total. The molecule has 1 atom stereocenters. The van der Waals surface area contributed by atoms with Gasteiger partial charge in [0.2, 0.25) is 0 Å². The van der Waals surface area contributed by atoms with E-state index >= 15 is 0 Å². The molecule has 1 aromatic rings.